The molecule has 3 saturated heterocycles. The number of nitrogens with one attached hydrogen (secondary N) is 1. The van der Waals surface area contributed by atoms with Gasteiger partial charge >= 0.3 is 0 Å². The van der Waals surface area contributed by atoms with Gasteiger partial charge in [-0.25, -0.2) is 0 Å². The summed E-state index contributed by atoms with van der Waals surface area (Å²) < 4.78 is 0. The fourth-order valence-electron chi connectivity index (χ4n) is 4.97. The van der Waals surface area contributed by atoms with Gasteiger partial charge in [-0.15, -0.1) is 0 Å². The van der Waals surface area contributed by atoms with Crippen molar-refractivity contribution in [1.82, 2.24) is 10.2 Å². The van der Waals surface area contributed by atoms with Crippen molar-refractivity contribution in [2.45, 2.75) is 44.6 Å². The van der Waals surface area contributed by atoms with Crippen LogP contribution >= 0.6 is 11.6 Å². The summed E-state index contributed by atoms with van der Waals surface area (Å²) in [6, 6.07) is 7.88. The maximum absolute atomic E-state index is 12.7. The largest absolute Gasteiger partial charge is 0.355 e. The van der Waals surface area contributed by atoms with Crippen LogP contribution in [0.3, 0.4) is 0 Å². The maximum atomic E-state index is 12.7. The molecule has 5 nitrogen and oxygen atoms in total. The molecule has 1 aromatic carbocycles. The Kier molecular flexibility index (Phi) is 5.69. The van der Waals surface area contributed by atoms with Gasteiger partial charge in [-0.3, -0.25) is 9.59 Å². The van der Waals surface area contributed by atoms with E-state index in [0.717, 1.165) is 12.2 Å². The number of nitrogens with zero attached hydrogens (tertiary/aromatic N) is 2. The van der Waals surface area contributed by atoms with Crippen LogP contribution in [0.1, 0.15) is 38.5 Å². The second kappa shape index (κ2) is 8.19. The molecule has 3 fully saturated rings. The molecule has 27 heavy (non-hydrogen) atoms. The number of halogens is 1. The van der Waals surface area contributed by atoms with E-state index < -0.39 is 0 Å². The van der Waals surface area contributed by atoms with E-state index in [1.54, 1.807) is 17.0 Å². The first kappa shape index (κ1) is 18.8. The molecule has 1 N–H and O–H groups in total. The van der Waals surface area contributed by atoms with Gasteiger partial charge in [0.25, 0.3) is 0 Å². The highest BCUT2D eigenvalue weighted by molar-refractivity contribution is 6.30. The van der Waals surface area contributed by atoms with Gasteiger partial charge in [-0.1, -0.05) is 24.1 Å². The van der Waals surface area contributed by atoms with Crippen LogP contribution < -0.4 is 10.2 Å². The van der Waals surface area contributed by atoms with Crippen molar-refractivity contribution in [1.29, 1.82) is 0 Å². The highest BCUT2D eigenvalue weighted by Gasteiger charge is 2.37. The molecule has 3 aliphatic heterocycles. The predicted octanol–water partition coefficient (Wildman–Crippen LogP) is 3.07. The number of anilines is 1. The fraction of sp³-hybridized carbons (Fsp3) is 0.619. The second-order valence-corrected chi connectivity index (χ2v) is 8.57. The summed E-state index contributed by atoms with van der Waals surface area (Å²) in [6.07, 6.45) is 6.56. The molecular formula is C21H28ClN3O2. The molecule has 6 heteroatoms. The second-order valence-electron chi connectivity index (χ2n) is 8.13. The van der Waals surface area contributed by atoms with Gasteiger partial charge in [0.1, 0.15) is 0 Å². The van der Waals surface area contributed by atoms with Crippen LogP contribution in [0.4, 0.5) is 5.69 Å². The van der Waals surface area contributed by atoms with Crippen molar-refractivity contribution in [3.8, 4) is 0 Å². The molecule has 0 unspecified atom stereocenters. The molecule has 3 atom stereocenters. The van der Waals surface area contributed by atoms with E-state index >= 15 is 0 Å². The summed E-state index contributed by atoms with van der Waals surface area (Å²) in [5.74, 6) is 0.279. The molecule has 0 aromatic heterocycles. The molecule has 0 saturated carbocycles. The lowest BCUT2D eigenvalue weighted by Gasteiger charge is -2.44. The number of fused-ring (bicyclic) bond motifs is 1. The highest BCUT2D eigenvalue weighted by Crippen LogP contribution is 2.31. The van der Waals surface area contributed by atoms with E-state index in [4.69, 9.17) is 11.6 Å². The Morgan fingerprint density at radius 1 is 1.19 bits per heavy atom. The summed E-state index contributed by atoms with van der Waals surface area (Å²) in [6.45, 7) is 3.59. The highest BCUT2D eigenvalue weighted by atomic mass is 35.5. The van der Waals surface area contributed by atoms with E-state index in [2.05, 4.69) is 10.2 Å². The summed E-state index contributed by atoms with van der Waals surface area (Å²) in [5.41, 5.74) is 0.771. The topological polar surface area (TPSA) is 52.7 Å². The predicted molar refractivity (Wildman–Crippen MR) is 107 cm³/mol. The third-order valence-electron chi connectivity index (χ3n) is 6.38. The Balaban J connectivity index is 1.33. The zero-order valence-corrected chi connectivity index (χ0v) is 16.5. The number of piperidine rings is 2. The summed E-state index contributed by atoms with van der Waals surface area (Å²) in [5, 5.41) is 3.76. The third kappa shape index (κ3) is 4.14. The Morgan fingerprint density at radius 2 is 2.04 bits per heavy atom. The lowest BCUT2D eigenvalue weighted by molar-refractivity contribution is -0.126. The number of amides is 2. The van der Waals surface area contributed by atoms with Gasteiger partial charge in [-0.05, 0) is 62.9 Å². The molecule has 1 aromatic rings. The summed E-state index contributed by atoms with van der Waals surface area (Å²) >= 11 is 6.04. The maximum Gasteiger partial charge on any atom is 0.227 e. The SMILES string of the molecule is O=C(NC[C@H]1CCCN2CCCC[C@H]12)[C@@H]1CC(=O)N(c2cccc(Cl)c2)C1. The van der Waals surface area contributed by atoms with Crippen LogP contribution in [0.5, 0.6) is 0 Å². The Hall–Kier alpha value is -1.59. The number of rotatable bonds is 4. The van der Waals surface area contributed by atoms with Crippen LogP contribution in [-0.2, 0) is 9.59 Å². The molecule has 0 aliphatic carbocycles. The van der Waals surface area contributed by atoms with Crippen LogP contribution in [0.15, 0.2) is 24.3 Å². The van der Waals surface area contributed by atoms with Crippen molar-refractivity contribution >= 4 is 29.1 Å². The molecule has 0 radical (unpaired) electrons. The lowest BCUT2D eigenvalue weighted by atomic mass is 9.83. The first-order chi connectivity index (χ1) is 13.1. The normalized spacial score (nSPS) is 28.9. The van der Waals surface area contributed by atoms with E-state index in [1.807, 2.05) is 12.1 Å². The van der Waals surface area contributed by atoms with Crippen molar-refractivity contribution in [3.05, 3.63) is 29.3 Å². The van der Waals surface area contributed by atoms with Gasteiger partial charge in [0, 0.05) is 36.3 Å². The summed E-state index contributed by atoms with van der Waals surface area (Å²) in [4.78, 5) is 29.4. The van der Waals surface area contributed by atoms with Crippen LogP contribution in [-0.4, -0.2) is 48.9 Å². The zero-order chi connectivity index (χ0) is 18.8. The average molecular weight is 390 g/mol. The standard InChI is InChI=1S/C21H28ClN3O2/c22-17-6-3-7-18(12-17)25-14-16(11-20(25)26)21(27)23-13-15-5-4-10-24-9-2-1-8-19(15)24/h3,6-7,12,15-16,19H,1-2,4-5,8-11,13-14H2,(H,23,27)/t15-,16-,19-/m1/s1. The van der Waals surface area contributed by atoms with Crippen LogP contribution in [0.25, 0.3) is 0 Å². The molecule has 3 aliphatic rings. The number of benzene rings is 1. The van der Waals surface area contributed by atoms with Gasteiger partial charge in [0.05, 0.1) is 5.92 Å². The van der Waals surface area contributed by atoms with Gasteiger partial charge in [-0.2, -0.15) is 0 Å². The molecule has 2 amide bonds. The quantitative estimate of drug-likeness (QED) is 0.861. The van der Waals surface area contributed by atoms with Crippen molar-refractivity contribution in [3.63, 3.8) is 0 Å². The van der Waals surface area contributed by atoms with Gasteiger partial charge in [0.15, 0.2) is 0 Å². The Bertz CT molecular complexity index is 708. The first-order valence-electron chi connectivity index (χ1n) is 10.2. The first-order valence-corrected chi connectivity index (χ1v) is 10.6. The number of carbonyl (C=O) groups is 2. The van der Waals surface area contributed by atoms with E-state index in [1.165, 1.54) is 45.2 Å². The van der Waals surface area contributed by atoms with Crippen molar-refractivity contribution < 1.29 is 9.59 Å². The van der Waals surface area contributed by atoms with Crippen molar-refractivity contribution in [2.24, 2.45) is 11.8 Å². The average Bonchev–Trinajstić information content (AvgIpc) is 3.08. The Morgan fingerprint density at radius 3 is 2.89 bits per heavy atom. The Labute approximate surface area is 166 Å². The van der Waals surface area contributed by atoms with Crippen LogP contribution in [0, 0.1) is 11.8 Å². The number of hydrogen-bond donors (Lipinski definition) is 1. The molecule has 3 heterocycles. The van der Waals surface area contributed by atoms with E-state index in [9.17, 15) is 9.59 Å². The monoisotopic (exact) mass is 389 g/mol. The molecule has 0 bridgehead atoms. The van der Waals surface area contributed by atoms with E-state index in [0.29, 0.717) is 23.5 Å². The minimum atomic E-state index is -0.275. The van der Waals surface area contributed by atoms with Gasteiger partial charge in [0.2, 0.25) is 11.8 Å². The van der Waals surface area contributed by atoms with Crippen molar-refractivity contribution in [2.75, 3.05) is 31.1 Å². The van der Waals surface area contributed by atoms with Gasteiger partial charge < -0.3 is 15.1 Å². The smallest absolute Gasteiger partial charge is 0.227 e. The molecule has 146 valence electrons. The number of carbonyl (C=O) groups excluding carboxylic acids is 2. The molecule has 4 rings (SSSR count). The third-order valence-corrected chi connectivity index (χ3v) is 6.62. The minimum absolute atomic E-state index is 0.00598. The zero-order valence-electron chi connectivity index (χ0n) is 15.7. The van der Waals surface area contributed by atoms with E-state index in [-0.39, 0.29) is 24.2 Å². The fourth-order valence-corrected chi connectivity index (χ4v) is 5.15. The minimum Gasteiger partial charge on any atom is -0.355 e. The number of hydrogen-bond acceptors (Lipinski definition) is 3. The molecule has 0 spiro atoms. The lowest BCUT2D eigenvalue weighted by Crippen LogP contribution is -2.51. The summed E-state index contributed by atoms with van der Waals surface area (Å²) in [7, 11) is 0. The molecular weight excluding hydrogens is 362 g/mol. The van der Waals surface area contributed by atoms with Crippen LogP contribution in [0.2, 0.25) is 5.02 Å².